The molecule has 6 nitrogen and oxygen atoms in total. The first-order chi connectivity index (χ1) is 11.5. The van der Waals surface area contributed by atoms with Gasteiger partial charge in [0, 0.05) is 17.1 Å². The second-order valence-corrected chi connectivity index (χ2v) is 7.72. The summed E-state index contributed by atoms with van der Waals surface area (Å²) in [6, 6.07) is 6.49. The molecular formula is C18H23ClN2O4. The largest absolute Gasteiger partial charge is 0.444 e. The summed E-state index contributed by atoms with van der Waals surface area (Å²) < 4.78 is 5.41. The Labute approximate surface area is 152 Å². The van der Waals surface area contributed by atoms with Gasteiger partial charge in [0.15, 0.2) is 5.78 Å². The Hall–Kier alpha value is -2.08. The molecule has 0 bridgehead atoms. The maximum absolute atomic E-state index is 12.7. The minimum absolute atomic E-state index is 0.265. The predicted octanol–water partition coefficient (Wildman–Crippen LogP) is 3.04. The lowest BCUT2D eigenvalue weighted by Gasteiger charge is -2.36. The van der Waals surface area contributed by atoms with Crippen LogP contribution in [0.3, 0.4) is 0 Å². The highest BCUT2D eigenvalue weighted by Gasteiger charge is 2.47. The molecule has 1 heterocycles. The van der Waals surface area contributed by atoms with Crippen LogP contribution >= 0.6 is 11.6 Å². The first-order valence-electron chi connectivity index (χ1n) is 8.11. The van der Waals surface area contributed by atoms with E-state index in [-0.39, 0.29) is 18.2 Å². The molecule has 1 saturated heterocycles. The monoisotopic (exact) mass is 366 g/mol. The molecule has 0 aliphatic carbocycles. The topological polar surface area (TPSA) is 75.7 Å². The molecule has 1 N–H and O–H groups in total. The molecule has 2 rings (SSSR count). The average Bonchev–Trinajstić information content (AvgIpc) is 2.83. The van der Waals surface area contributed by atoms with Gasteiger partial charge in [0.05, 0.1) is 6.54 Å². The van der Waals surface area contributed by atoms with Crippen molar-refractivity contribution in [1.82, 2.24) is 10.2 Å². The summed E-state index contributed by atoms with van der Waals surface area (Å²) in [4.78, 5) is 38.8. The number of Topliss-reactive ketones (excluding diaryl/α,β-unsaturated/α-hetero) is 1. The third kappa shape index (κ3) is 4.51. The van der Waals surface area contributed by atoms with Crippen molar-refractivity contribution in [3.63, 3.8) is 0 Å². The molecule has 0 aromatic heterocycles. The van der Waals surface area contributed by atoms with Crippen LogP contribution < -0.4 is 5.32 Å². The third-order valence-electron chi connectivity index (χ3n) is 4.04. The van der Waals surface area contributed by atoms with Crippen LogP contribution in [-0.4, -0.2) is 46.9 Å². The van der Waals surface area contributed by atoms with Gasteiger partial charge in [-0.1, -0.05) is 23.7 Å². The normalized spacial score (nSPS) is 20.1. The molecule has 2 amide bonds. The van der Waals surface area contributed by atoms with Gasteiger partial charge in [-0.05, 0) is 46.2 Å². The van der Waals surface area contributed by atoms with E-state index < -0.39 is 17.2 Å². The number of carbonyl (C=O) groups is 3. The highest BCUT2D eigenvalue weighted by molar-refractivity contribution is 6.31. The minimum Gasteiger partial charge on any atom is -0.444 e. The van der Waals surface area contributed by atoms with Gasteiger partial charge in [-0.25, -0.2) is 4.79 Å². The summed E-state index contributed by atoms with van der Waals surface area (Å²) >= 11 is 5.93. The second-order valence-electron chi connectivity index (χ2n) is 7.28. The Kier molecular flexibility index (Phi) is 5.42. The molecular weight excluding hydrogens is 344 g/mol. The summed E-state index contributed by atoms with van der Waals surface area (Å²) in [5, 5.41) is 3.14. The molecule has 0 spiro atoms. The van der Waals surface area contributed by atoms with Crippen LogP contribution in [0.15, 0.2) is 24.3 Å². The van der Waals surface area contributed by atoms with E-state index in [0.717, 1.165) is 0 Å². The fourth-order valence-electron chi connectivity index (χ4n) is 2.64. The van der Waals surface area contributed by atoms with E-state index in [1.54, 1.807) is 45.9 Å². The van der Waals surface area contributed by atoms with Crippen molar-refractivity contribution < 1.29 is 19.1 Å². The highest BCUT2D eigenvalue weighted by atomic mass is 35.5. The molecule has 1 fully saturated rings. The van der Waals surface area contributed by atoms with Gasteiger partial charge in [0.1, 0.15) is 11.1 Å². The van der Waals surface area contributed by atoms with E-state index in [1.807, 2.05) is 0 Å². The summed E-state index contributed by atoms with van der Waals surface area (Å²) in [6.45, 7) is 7.03. The number of halogens is 1. The summed E-state index contributed by atoms with van der Waals surface area (Å²) in [6.07, 6.45) is -0.282. The van der Waals surface area contributed by atoms with Crippen molar-refractivity contribution in [3.05, 3.63) is 34.9 Å². The number of nitrogens with zero attached hydrogens (tertiary/aromatic N) is 1. The zero-order chi connectivity index (χ0) is 18.8. The fraction of sp³-hybridized carbons (Fsp3) is 0.500. The molecule has 136 valence electrons. The smallest absolute Gasteiger partial charge is 0.411 e. The van der Waals surface area contributed by atoms with Crippen LogP contribution in [0.25, 0.3) is 0 Å². The Morgan fingerprint density at radius 2 is 2.04 bits per heavy atom. The van der Waals surface area contributed by atoms with Crippen molar-refractivity contribution >= 4 is 29.4 Å². The Balaban J connectivity index is 2.30. The maximum atomic E-state index is 12.7. The van der Waals surface area contributed by atoms with Gasteiger partial charge in [0.25, 0.3) is 0 Å². The quantitative estimate of drug-likeness (QED) is 0.831. The molecule has 1 aromatic rings. The first kappa shape index (κ1) is 19.2. The second kappa shape index (κ2) is 7.04. The molecule has 0 saturated carbocycles. The van der Waals surface area contributed by atoms with Crippen LogP contribution in [0, 0.1) is 0 Å². The highest BCUT2D eigenvalue weighted by Crippen LogP contribution is 2.27. The summed E-state index contributed by atoms with van der Waals surface area (Å²) in [5.41, 5.74) is -1.49. The van der Waals surface area contributed by atoms with E-state index in [0.29, 0.717) is 23.6 Å². The molecule has 25 heavy (non-hydrogen) atoms. The van der Waals surface area contributed by atoms with Gasteiger partial charge in [-0.15, -0.1) is 0 Å². The zero-order valence-electron chi connectivity index (χ0n) is 14.9. The van der Waals surface area contributed by atoms with Gasteiger partial charge >= 0.3 is 6.09 Å². The van der Waals surface area contributed by atoms with Crippen molar-refractivity contribution in [2.24, 2.45) is 0 Å². The SMILES string of the molecule is CC(C)(C)OC(=O)N(CC(=O)c1cccc(Cl)c1)C1(C)CCNC1=O. The number of carbonyl (C=O) groups excluding carboxylic acids is 3. The predicted molar refractivity (Wildman–Crippen MR) is 94.8 cm³/mol. The van der Waals surface area contributed by atoms with Gasteiger partial charge in [-0.2, -0.15) is 0 Å². The average molecular weight is 367 g/mol. The number of ether oxygens (including phenoxy) is 1. The van der Waals surface area contributed by atoms with Crippen LogP contribution in [0.2, 0.25) is 5.02 Å². The number of hydrogen-bond acceptors (Lipinski definition) is 4. The Morgan fingerprint density at radius 3 is 2.56 bits per heavy atom. The van der Waals surface area contributed by atoms with E-state index in [1.165, 1.54) is 11.0 Å². The molecule has 1 unspecified atom stereocenters. The number of nitrogens with one attached hydrogen (secondary N) is 1. The number of hydrogen-bond donors (Lipinski definition) is 1. The van der Waals surface area contributed by atoms with Crippen LogP contribution in [-0.2, 0) is 9.53 Å². The fourth-order valence-corrected chi connectivity index (χ4v) is 2.83. The van der Waals surface area contributed by atoms with Gasteiger partial charge in [-0.3, -0.25) is 14.5 Å². The van der Waals surface area contributed by atoms with E-state index >= 15 is 0 Å². The van der Waals surface area contributed by atoms with Crippen molar-refractivity contribution in [2.45, 2.75) is 45.3 Å². The van der Waals surface area contributed by atoms with Gasteiger partial charge in [0.2, 0.25) is 5.91 Å². The third-order valence-corrected chi connectivity index (χ3v) is 4.28. The molecule has 0 radical (unpaired) electrons. The molecule has 1 aliphatic rings. The van der Waals surface area contributed by atoms with E-state index in [9.17, 15) is 14.4 Å². The number of ketones is 1. The first-order valence-corrected chi connectivity index (χ1v) is 8.48. The van der Waals surface area contributed by atoms with Crippen LogP contribution in [0.1, 0.15) is 44.5 Å². The Bertz CT molecular complexity index is 699. The summed E-state index contributed by atoms with van der Waals surface area (Å²) in [7, 11) is 0. The standard InChI is InChI=1S/C18H23ClN2O4/c1-17(2,3)25-16(24)21(18(4)8-9-20-15(18)23)11-14(22)12-6-5-7-13(19)10-12/h5-7,10H,8-9,11H2,1-4H3,(H,20,23). The molecule has 1 aromatic carbocycles. The number of rotatable bonds is 4. The van der Waals surface area contributed by atoms with E-state index in [4.69, 9.17) is 16.3 Å². The van der Waals surface area contributed by atoms with Crippen LogP contribution in [0.5, 0.6) is 0 Å². The lowest BCUT2D eigenvalue weighted by molar-refractivity contribution is -0.128. The van der Waals surface area contributed by atoms with Crippen LogP contribution in [0.4, 0.5) is 4.79 Å². The molecule has 7 heteroatoms. The minimum atomic E-state index is -1.13. The lowest BCUT2D eigenvalue weighted by Crippen LogP contribution is -2.56. The summed E-state index contributed by atoms with van der Waals surface area (Å²) in [5.74, 6) is -0.605. The zero-order valence-corrected chi connectivity index (χ0v) is 15.6. The van der Waals surface area contributed by atoms with Crippen molar-refractivity contribution in [3.8, 4) is 0 Å². The lowest BCUT2D eigenvalue weighted by atomic mass is 9.97. The molecule has 1 atom stereocenters. The van der Waals surface area contributed by atoms with Crippen molar-refractivity contribution in [1.29, 1.82) is 0 Å². The maximum Gasteiger partial charge on any atom is 0.411 e. The number of amides is 2. The number of benzene rings is 1. The Morgan fingerprint density at radius 1 is 1.36 bits per heavy atom. The molecule has 1 aliphatic heterocycles. The van der Waals surface area contributed by atoms with Crippen molar-refractivity contribution in [2.75, 3.05) is 13.1 Å². The van der Waals surface area contributed by atoms with E-state index in [2.05, 4.69) is 5.32 Å². The van der Waals surface area contributed by atoms with Gasteiger partial charge < -0.3 is 10.1 Å².